The van der Waals surface area contributed by atoms with Crippen LogP contribution in [0, 0.1) is 5.92 Å². The van der Waals surface area contributed by atoms with Crippen LogP contribution in [0.2, 0.25) is 0 Å². The number of hydrogen-bond acceptors (Lipinski definition) is 3. The van der Waals surface area contributed by atoms with Crippen molar-refractivity contribution >= 4 is 0 Å². The summed E-state index contributed by atoms with van der Waals surface area (Å²) in [6, 6.07) is 1.27. The zero-order chi connectivity index (χ0) is 12.3. The fraction of sp³-hybridized carbons (Fsp3) is 1.00. The molecule has 0 aromatic heterocycles. The summed E-state index contributed by atoms with van der Waals surface area (Å²) in [5.41, 5.74) is 5.93. The minimum absolute atomic E-state index is 0.0444. The maximum atomic E-state index is 5.89. The predicted molar refractivity (Wildman–Crippen MR) is 71.0 cm³/mol. The van der Waals surface area contributed by atoms with E-state index in [0.29, 0.717) is 18.0 Å². The largest absolute Gasteiger partial charge is 0.375 e. The maximum absolute atomic E-state index is 5.89. The first kappa shape index (κ1) is 13.3. The highest BCUT2D eigenvalue weighted by Gasteiger charge is 2.32. The maximum Gasteiger partial charge on any atom is 0.0641 e. The lowest BCUT2D eigenvalue weighted by molar-refractivity contribution is -0.0654. The van der Waals surface area contributed by atoms with Crippen molar-refractivity contribution in [3.8, 4) is 0 Å². The molecule has 0 radical (unpaired) electrons. The van der Waals surface area contributed by atoms with Gasteiger partial charge in [0.05, 0.1) is 5.60 Å². The van der Waals surface area contributed by atoms with E-state index in [1.54, 1.807) is 0 Å². The number of nitrogens with one attached hydrogen (secondary N) is 1. The molecule has 1 heterocycles. The van der Waals surface area contributed by atoms with E-state index in [1.807, 2.05) is 0 Å². The van der Waals surface area contributed by atoms with Gasteiger partial charge in [0.2, 0.25) is 0 Å². The minimum Gasteiger partial charge on any atom is -0.375 e. The molecule has 1 saturated heterocycles. The Morgan fingerprint density at radius 3 is 2.71 bits per heavy atom. The van der Waals surface area contributed by atoms with Gasteiger partial charge in [-0.25, -0.2) is 0 Å². The van der Waals surface area contributed by atoms with E-state index < -0.39 is 0 Å². The molecule has 0 aromatic carbocycles. The smallest absolute Gasteiger partial charge is 0.0641 e. The first-order valence-corrected chi connectivity index (χ1v) is 7.21. The molecule has 3 nitrogen and oxygen atoms in total. The van der Waals surface area contributed by atoms with Crippen LogP contribution in [0.15, 0.2) is 0 Å². The molecule has 3 atom stereocenters. The fourth-order valence-electron chi connectivity index (χ4n) is 3.39. The molecule has 3 unspecified atom stereocenters. The van der Waals surface area contributed by atoms with Crippen LogP contribution < -0.4 is 11.1 Å². The zero-order valence-electron chi connectivity index (χ0n) is 11.4. The van der Waals surface area contributed by atoms with Gasteiger partial charge in [0.1, 0.15) is 0 Å². The van der Waals surface area contributed by atoms with E-state index in [9.17, 15) is 0 Å². The van der Waals surface area contributed by atoms with Gasteiger partial charge in [0.15, 0.2) is 0 Å². The highest BCUT2D eigenvalue weighted by Crippen LogP contribution is 2.28. The number of hydrogen-bond donors (Lipinski definition) is 2. The lowest BCUT2D eigenvalue weighted by atomic mass is 9.83. The summed E-state index contributed by atoms with van der Waals surface area (Å²) in [5, 5.41) is 3.85. The van der Waals surface area contributed by atoms with E-state index in [4.69, 9.17) is 10.5 Å². The van der Waals surface area contributed by atoms with Gasteiger partial charge in [-0.1, -0.05) is 12.8 Å². The highest BCUT2D eigenvalue weighted by atomic mass is 16.5. The van der Waals surface area contributed by atoms with Crippen LogP contribution in [0.4, 0.5) is 0 Å². The van der Waals surface area contributed by atoms with Crippen molar-refractivity contribution in [2.75, 3.05) is 13.2 Å². The van der Waals surface area contributed by atoms with Crippen molar-refractivity contribution < 1.29 is 4.74 Å². The number of nitrogens with two attached hydrogens (primary N) is 1. The lowest BCUT2D eigenvalue weighted by Crippen LogP contribution is -2.51. The van der Waals surface area contributed by atoms with E-state index in [1.165, 1.54) is 25.7 Å². The monoisotopic (exact) mass is 240 g/mol. The van der Waals surface area contributed by atoms with Gasteiger partial charge in [0.25, 0.3) is 0 Å². The molecule has 17 heavy (non-hydrogen) atoms. The Morgan fingerprint density at radius 2 is 2.00 bits per heavy atom. The van der Waals surface area contributed by atoms with Crippen molar-refractivity contribution in [2.45, 2.75) is 70.1 Å². The van der Waals surface area contributed by atoms with Gasteiger partial charge in [-0.05, 0) is 52.0 Å². The van der Waals surface area contributed by atoms with Crippen LogP contribution in [-0.2, 0) is 4.74 Å². The predicted octanol–water partition coefficient (Wildman–Crippen LogP) is 2.05. The normalized spacial score (nSPS) is 37.9. The average molecular weight is 240 g/mol. The molecule has 0 spiro atoms. The van der Waals surface area contributed by atoms with Gasteiger partial charge in [-0.2, -0.15) is 0 Å². The van der Waals surface area contributed by atoms with E-state index in [-0.39, 0.29) is 5.60 Å². The second-order valence-electron chi connectivity index (χ2n) is 6.35. The summed E-state index contributed by atoms with van der Waals surface area (Å²) < 4.78 is 5.77. The average Bonchev–Trinajstić information content (AvgIpc) is 2.28. The molecule has 2 fully saturated rings. The molecular formula is C14H28N2O. The third-order valence-electron chi connectivity index (χ3n) is 4.36. The van der Waals surface area contributed by atoms with Crippen LogP contribution in [0.1, 0.15) is 52.4 Å². The Labute approximate surface area is 105 Å². The minimum atomic E-state index is 0.0444. The number of ether oxygens (including phenoxy) is 1. The standard InChI is InChI=1S/C14H28N2O/c1-14(2)9-12(7-8-17-14)16-13-6-4-3-5-11(13)10-15/h11-13,16H,3-10,15H2,1-2H3. The molecule has 0 amide bonds. The topological polar surface area (TPSA) is 47.3 Å². The third-order valence-corrected chi connectivity index (χ3v) is 4.36. The summed E-state index contributed by atoms with van der Waals surface area (Å²) in [7, 11) is 0. The molecule has 3 heteroatoms. The van der Waals surface area contributed by atoms with E-state index in [2.05, 4.69) is 19.2 Å². The van der Waals surface area contributed by atoms with Crippen molar-refractivity contribution in [3.05, 3.63) is 0 Å². The molecule has 2 aliphatic rings. The Balaban J connectivity index is 1.86. The molecule has 1 aliphatic heterocycles. The third kappa shape index (κ3) is 3.67. The van der Waals surface area contributed by atoms with Gasteiger partial charge in [0, 0.05) is 18.7 Å². The summed E-state index contributed by atoms with van der Waals surface area (Å²) in [6.45, 7) is 6.12. The molecule has 3 N–H and O–H groups in total. The van der Waals surface area contributed by atoms with Crippen LogP contribution >= 0.6 is 0 Å². The van der Waals surface area contributed by atoms with Crippen molar-refractivity contribution in [2.24, 2.45) is 11.7 Å². The van der Waals surface area contributed by atoms with Crippen LogP contribution in [0.3, 0.4) is 0 Å². The van der Waals surface area contributed by atoms with Gasteiger partial charge in [-0.15, -0.1) is 0 Å². The summed E-state index contributed by atoms with van der Waals surface area (Å²) in [4.78, 5) is 0. The van der Waals surface area contributed by atoms with E-state index in [0.717, 1.165) is 26.0 Å². The second-order valence-corrected chi connectivity index (χ2v) is 6.35. The Bertz CT molecular complexity index is 242. The zero-order valence-corrected chi connectivity index (χ0v) is 11.4. The first-order valence-electron chi connectivity index (χ1n) is 7.21. The van der Waals surface area contributed by atoms with E-state index >= 15 is 0 Å². The first-order chi connectivity index (χ1) is 8.11. The van der Waals surface area contributed by atoms with Gasteiger partial charge in [-0.3, -0.25) is 0 Å². The second kappa shape index (κ2) is 5.68. The SMILES string of the molecule is CC1(C)CC(NC2CCCCC2CN)CCO1. The molecule has 2 rings (SSSR count). The quantitative estimate of drug-likeness (QED) is 0.794. The summed E-state index contributed by atoms with van der Waals surface area (Å²) in [6.07, 6.45) is 7.61. The lowest BCUT2D eigenvalue weighted by Gasteiger charge is -2.40. The fourth-order valence-corrected chi connectivity index (χ4v) is 3.39. The number of rotatable bonds is 3. The Kier molecular flexibility index (Phi) is 4.45. The summed E-state index contributed by atoms with van der Waals surface area (Å²) >= 11 is 0. The van der Waals surface area contributed by atoms with Gasteiger partial charge >= 0.3 is 0 Å². The van der Waals surface area contributed by atoms with Crippen LogP contribution in [0.5, 0.6) is 0 Å². The van der Waals surface area contributed by atoms with Crippen LogP contribution in [0.25, 0.3) is 0 Å². The summed E-state index contributed by atoms with van der Waals surface area (Å²) in [5.74, 6) is 0.690. The van der Waals surface area contributed by atoms with Gasteiger partial charge < -0.3 is 15.8 Å². The molecule has 100 valence electrons. The van der Waals surface area contributed by atoms with Crippen LogP contribution in [-0.4, -0.2) is 30.8 Å². The Hall–Kier alpha value is -0.120. The molecule has 1 saturated carbocycles. The van der Waals surface area contributed by atoms with Crippen molar-refractivity contribution in [3.63, 3.8) is 0 Å². The van der Waals surface area contributed by atoms with Crippen molar-refractivity contribution in [1.29, 1.82) is 0 Å². The highest BCUT2D eigenvalue weighted by molar-refractivity contribution is 4.89. The molecular weight excluding hydrogens is 212 g/mol. The molecule has 1 aliphatic carbocycles. The Morgan fingerprint density at radius 1 is 1.24 bits per heavy atom. The molecule has 0 aromatic rings. The molecule has 0 bridgehead atoms. The van der Waals surface area contributed by atoms with Crippen molar-refractivity contribution in [1.82, 2.24) is 5.32 Å².